The fourth-order valence-electron chi connectivity index (χ4n) is 5.89. The van der Waals surface area contributed by atoms with Gasteiger partial charge in [0, 0.05) is 0 Å². The van der Waals surface area contributed by atoms with E-state index >= 15 is 0 Å². The first-order valence-corrected chi connectivity index (χ1v) is 16.0. The zero-order valence-corrected chi connectivity index (χ0v) is 23.6. The Balaban J connectivity index is 1.85. The fraction of sp³-hybridized carbons (Fsp3) is 1.00. The molecule has 1 heteroatoms. The normalized spacial score (nSPS) is 20.5. The Morgan fingerprint density at radius 1 is 0.576 bits per heavy atom. The van der Waals surface area contributed by atoms with Gasteiger partial charge in [0.1, 0.15) is 0 Å². The maximum absolute atomic E-state index is 3.62. The van der Waals surface area contributed by atoms with Crippen LogP contribution in [0, 0.1) is 17.8 Å². The highest BCUT2D eigenvalue weighted by molar-refractivity contribution is 4.70. The summed E-state index contributed by atoms with van der Waals surface area (Å²) in [5.41, 5.74) is 0. The summed E-state index contributed by atoms with van der Waals surface area (Å²) in [5, 5.41) is 3.62. The lowest BCUT2D eigenvalue weighted by Gasteiger charge is -2.25. The Kier molecular flexibility index (Phi) is 22.2. The van der Waals surface area contributed by atoms with Crippen molar-refractivity contribution in [1.29, 1.82) is 0 Å². The van der Waals surface area contributed by atoms with Gasteiger partial charge in [-0.1, -0.05) is 162 Å². The van der Waals surface area contributed by atoms with E-state index in [4.69, 9.17) is 0 Å². The van der Waals surface area contributed by atoms with E-state index in [1.165, 1.54) is 167 Å². The zero-order valence-electron chi connectivity index (χ0n) is 23.6. The van der Waals surface area contributed by atoms with Crippen LogP contribution in [0.1, 0.15) is 175 Å². The monoisotopic (exact) mass is 464 g/mol. The highest BCUT2D eigenvalue weighted by Gasteiger charge is 2.17. The summed E-state index contributed by atoms with van der Waals surface area (Å²) in [5.74, 6) is 3.00. The van der Waals surface area contributed by atoms with E-state index in [0.717, 1.165) is 17.8 Å². The van der Waals surface area contributed by atoms with Gasteiger partial charge in [0.2, 0.25) is 0 Å². The third-order valence-corrected chi connectivity index (χ3v) is 8.62. The minimum absolute atomic E-state index is 0.946. The molecule has 0 saturated heterocycles. The van der Waals surface area contributed by atoms with Gasteiger partial charge in [-0.15, -0.1) is 0 Å². The van der Waals surface area contributed by atoms with Crippen molar-refractivity contribution in [3.8, 4) is 0 Å². The summed E-state index contributed by atoms with van der Waals surface area (Å²) in [6, 6.07) is 0. The SMILES string of the molecule is CCCNCCC1CCCC[C@@H](CCCCCCCCCCCCCCCC(C)CC)CC1. The van der Waals surface area contributed by atoms with Crippen LogP contribution < -0.4 is 5.32 Å². The molecule has 0 aromatic carbocycles. The molecule has 1 rings (SSSR count). The molecular weight excluding hydrogens is 398 g/mol. The summed E-state index contributed by atoms with van der Waals surface area (Å²) < 4.78 is 0. The smallest absolute Gasteiger partial charge is 0.00463 e. The average Bonchev–Trinajstić information content (AvgIpc) is 2.81. The van der Waals surface area contributed by atoms with Crippen LogP contribution in [0.3, 0.4) is 0 Å². The standard InChI is InChI=1S/C32H65N/c1-4-28-33-29-27-32-24-20-19-23-31(25-26-32)22-18-16-14-12-10-8-6-7-9-11-13-15-17-21-30(3)5-2/h30-33H,4-29H2,1-3H3/t30?,31-,32?/m1/s1. The largest absolute Gasteiger partial charge is 0.317 e. The quantitative estimate of drug-likeness (QED) is 0.157. The molecule has 0 amide bonds. The summed E-state index contributed by atoms with van der Waals surface area (Å²) >= 11 is 0. The van der Waals surface area contributed by atoms with E-state index in [-0.39, 0.29) is 0 Å². The fourth-order valence-corrected chi connectivity index (χ4v) is 5.89. The Labute approximate surface area is 211 Å². The van der Waals surface area contributed by atoms with Crippen LogP contribution in [0.25, 0.3) is 0 Å². The molecule has 3 atom stereocenters. The summed E-state index contributed by atoms with van der Waals surface area (Å²) in [7, 11) is 0. The van der Waals surface area contributed by atoms with Crippen LogP contribution in [0.5, 0.6) is 0 Å². The topological polar surface area (TPSA) is 12.0 Å². The zero-order chi connectivity index (χ0) is 23.8. The first-order chi connectivity index (χ1) is 16.3. The van der Waals surface area contributed by atoms with Crippen LogP contribution in [0.2, 0.25) is 0 Å². The minimum atomic E-state index is 0.946. The molecule has 198 valence electrons. The third kappa shape index (κ3) is 19.9. The van der Waals surface area contributed by atoms with Crippen molar-refractivity contribution in [3.63, 3.8) is 0 Å². The molecule has 1 fully saturated rings. The molecule has 33 heavy (non-hydrogen) atoms. The molecule has 0 aromatic heterocycles. The molecule has 1 aliphatic rings. The van der Waals surface area contributed by atoms with Gasteiger partial charge in [-0.05, 0) is 43.7 Å². The lowest BCUT2D eigenvalue weighted by Crippen LogP contribution is -2.20. The number of hydrogen-bond donors (Lipinski definition) is 1. The molecule has 1 aliphatic carbocycles. The molecule has 0 spiro atoms. The molecular formula is C32H65N. The van der Waals surface area contributed by atoms with Gasteiger partial charge in [0.05, 0.1) is 0 Å². The maximum Gasteiger partial charge on any atom is -0.00463 e. The van der Waals surface area contributed by atoms with Crippen molar-refractivity contribution < 1.29 is 0 Å². The first-order valence-electron chi connectivity index (χ1n) is 16.0. The Bertz CT molecular complexity index is 379. The second kappa shape index (κ2) is 23.7. The molecule has 1 saturated carbocycles. The van der Waals surface area contributed by atoms with Crippen molar-refractivity contribution in [1.82, 2.24) is 5.32 Å². The van der Waals surface area contributed by atoms with E-state index in [1.807, 2.05) is 0 Å². The molecule has 0 aliphatic heterocycles. The maximum atomic E-state index is 3.62. The number of hydrogen-bond acceptors (Lipinski definition) is 1. The summed E-state index contributed by atoms with van der Waals surface area (Å²) in [6.45, 7) is 9.46. The van der Waals surface area contributed by atoms with Crippen molar-refractivity contribution in [3.05, 3.63) is 0 Å². The highest BCUT2D eigenvalue weighted by atomic mass is 14.8. The predicted octanol–water partition coefficient (Wildman–Crippen LogP) is 10.9. The van der Waals surface area contributed by atoms with E-state index in [0.29, 0.717) is 0 Å². The van der Waals surface area contributed by atoms with Gasteiger partial charge in [-0.25, -0.2) is 0 Å². The molecule has 0 aromatic rings. The van der Waals surface area contributed by atoms with Crippen LogP contribution in [0.15, 0.2) is 0 Å². The van der Waals surface area contributed by atoms with Gasteiger partial charge in [-0.3, -0.25) is 0 Å². The van der Waals surface area contributed by atoms with Crippen LogP contribution >= 0.6 is 0 Å². The van der Waals surface area contributed by atoms with Crippen molar-refractivity contribution in [2.75, 3.05) is 13.1 Å². The molecule has 2 unspecified atom stereocenters. The Morgan fingerprint density at radius 3 is 1.58 bits per heavy atom. The van der Waals surface area contributed by atoms with E-state index in [1.54, 1.807) is 0 Å². The minimum Gasteiger partial charge on any atom is -0.317 e. The van der Waals surface area contributed by atoms with Crippen LogP contribution in [-0.4, -0.2) is 13.1 Å². The Morgan fingerprint density at radius 2 is 1.06 bits per heavy atom. The number of rotatable bonds is 22. The lowest BCUT2D eigenvalue weighted by atomic mass is 9.82. The van der Waals surface area contributed by atoms with E-state index in [2.05, 4.69) is 26.1 Å². The first kappa shape index (κ1) is 31.0. The van der Waals surface area contributed by atoms with Crippen molar-refractivity contribution >= 4 is 0 Å². The second-order valence-electron chi connectivity index (χ2n) is 11.8. The molecule has 0 bridgehead atoms. The average molecular weight is 464 g/mol. The molecule has 0 heterocycles. The van der Waals surface area contributed by atoms with Crippen LogP contribution in [-0.2, 0) is 0 Å². The van der Waals surface area contributed by atoms with Gasteiger partial charge in [-0.2, -0.15) is 0 Å². The van der Waals surface area contributed by atoms with E-state index in [9.17, 15) is 0 Å². The summed E-state index contributed by atoms with van der Waals surface area (Å²) in [4.78, 5) is 0. The third-order valence-electron chi connectivity index (χ3n) is 8.62. The molecule has 1 nitrogen and oxygen atoms in total. The van der Waals surface area contributed by atoms with Crippen molar-refractivity contribution in [2.45, 2.75) is 175 Å². The van der Waals surface area contributed by atoms with Gasteiger partial charge in [0.15, 0.2) is 0 Å². The van der Waals surface area contributed by atoms with Gasteiger partial charge >= 0.3 is 0 Å². The highest BCUT2D eigenvalue weighted by Crippen LogP contribution is 2.31. The number of unbranched alkanes of at least 4 members (excludes halogenated alkanes) is 12. The summed E-state index contributed by atoms with van der Waals surface area (Å²) in [6.07, 6.45) is 35.4. The van der Waals surface area contributed by atoms with Gasteiger partial charge in [0.25, 0.3) is 0 Å². The van der Waals surface area contributed by atoms with Gasteiger partial charge < -0.3 is 5.32 Å². The Hall–Kier alpha value is -0.0400. The number of nitrogens with one attached hydrogen (secondary N) is 1. The molecule has 1 N–H and O–H groups in total. The molecule has 0 radical (unpaired) electrons. The second-order valence-corrected chi connectivity index (χ2v) is 11.8. The van der Waals surface area contributed by atoms with Crippen molar-refractivity contribution in [2.24, 2.45) is 17.8 Å². The predicted molar refractivity (Wildman–Crippen MR) is 151 cm³/mol. The lowest BCUT2D eigenvalue weighted by molar-refractivity contribution is 0.284. The van der Waals surface area contributed by atoms with E-state index < -0.39 is 0 Å². The van der Waals surface area contributed by atoms with Crippen LogP contribution in [0.4, 0.5) is 0 Å².